The molecule has 156 valence electrons. The molecule has 0 bridgehead atoms. The fourth-order valence-corrected chi connectivity index (χ4v) is 5.36. The van der Waals surface area contributed by atoms with Gasteiger partial charge in [0.05, 0.1) is 18.6 Å². The largest absolute Gasteiger partial charge is 0.497 e. The van der Waals surface area contributed by atoms with Crippen molar-refractivity contribution in [2.45, 2.75) is 45.2 Å². The molecule has 29 heavy (non-hydrogen) atoms. The molecule has 5 nitrogen and oxygen atoms in total. The molecule has 1 amide bonds. The average molecular weight is 416 g/mol. The van der Waals surface area contributed by atoms with E-state index in [1.165, 1.54) is 0 Å². The Morgan fingerprint density at radius 1 is 1.14 bits per heavy atom. The average Bonchev–Trinajstić information content (AvgIpc) is 3.04. The van der Waals surface area contributed by atoms with Gasteiger partial charge in [0.2, 0.25) is 0 Å². The van der Waals surface area contributed by atoms with Crippen LogP contribution < -0.4 is 4.74 Å². The molecule has 1 heterocycles. The Hall–Kier alpha value is -2.34. The molecule has 1 aliphatic rings. The fourth-order valence-electron chi connectivity index (χ4n) is 3.63. The van der Waals surface area contributed by atoms with Gasteiger partial charge in [-0.1, -0.05) is 45.0 Å². The molecule has 6 heteroatoms. The molecule has 2 aromatic carbocycles. The van der Waals surface area contributed by atoms with Crippen LogP contribution in [0.2, 0.25) is 0 Å². The molecule has 1 fully saturated rings. The minimum absolute atomic E-state index is 0.00138. The van der Waals surface area contributed by atoms with Gasteiger partial charge in [-0.2, -0.15) is 0 Å². The van der Waals surface area contributed by atoms with E-state index in [-0.39, 0.29) is 28.9 Å². The maximum absolute atomic E-state index is 13.4. The number of rotatable bonds is 5. The van der Waals surface area contributed by atoms with Crippen molar-refractivity contribution in [1.82, 2.24) is 4.90 Å². The van der Waals surface area contributed by atoms with Crippen LogP contribution in [-0.2, 0) is 21.8 Å². The van der Waals surface area contributed by atoms with Crippen LogP contribution in [0.1, 0.15) is 48.7 Å². The van der Waals surface area contributed by atoms with Gasteiger partial charge >= 0.3 is 0 Å². The van der Waals surface area contributed by atoms with Crippen LogP contribution in [0.5, 0.6) is 5.75 Å². The van der Waals surface area contributed by atoms with E-state index in [1.54, 1.807) is 12.0 Å². The second-order valence-electron chi connectivity index (χ2n) is 8.67. The van der Waals surface area contributed by atoms with E-state index in [0.29, 0.717) is 24.3 Å². The summed E-state index contributed by atoms with van der Waals surface area (Å²) in [5, 5.41) is 0. The molecule has 0 radical (unpaired) electrons. The van der Waals surface area contributed by atoms with Crippen LogP contribution in [0.3, 0.4) is 0 Å². The highest BCUT2D eigenvalue weighted by Crippen LogP contribution is 2.26. The van der Waals surface area contributed by atoms with Crippen molar-refractivity contribution in [3.8, 4) is 5.75 Å². The van der Waals surface area contributed by atoms with Crippen molar-refractivity contribution < 1.29 is 17.9 Å². The summed E-state index contributed by atoms with van der Waals surface area (Å²) in [6, 6.07) is 14.8. The summed E-state index contributed by atoms with van der Waals surface area (Å²) in [6.07, 6.45) is 0.470. The third-order valence-electron chi connectivity index (χ3n) is 5.39. The third kappa shape index (κ3) is 5.18. The Morgan fingerprint density at radius 3 is 2.38 bits per heavy atom. The topological polar surface area (TPSA) is 63.7 Å². The molecule has 0 aliphatic carbocycles. The van der Waals surface area contributed by atoms with Crippen LogP contribution in [0.25, 0.3) is 0 Å². The first kappa shape index (κ1) is 21.4. The number of amides is 1. The smallest absolute Gasteiger partial charge is 0.254 e. The molecule has 0 spiro atoms. The lowest BCUT2D eigenvalue weighted by molar-refractivity contribution is 0.0680. The van der Waals surface area contributed by atoms with Crippen LogP contribution >= 0.6 is 0 Å². The standard InChI is InChI=1S/C23H29NO4S/c1-23(2,3)19-10-8-18(9-11-19)22(25)24(20-12-13-29(26,27)16-20)15-17-6-5-7-21(14-17)28-4/h5-11,14,20H,12-13,15-16H2,1-4H3/t20-/m1/s1. The van der Waals surface area contributed by atoms with Gasteiger partial charge < -0.3 is 9.64 Å². The Morgan fingerprint density at radius 2 is 1.83 bits per heavy atom. The van der Waals surface area contributed by atoms with Crippen molar-refractivity contribution in [1.29, 1.82) is 0 Å². The van der Waals surface area contributed by atoms with Crippen LogP contribution in [0.4, 0.5) is 0 Å². The van der Waals surface area contributed by atoms with E-state index in [2.05, 4.69) is 20.8 Å². The van der Waals surface area contributed by atoms with E-state index < -0.39 is 9.84 Å². The third-order valence-corrected chi connectivity index (χ3v) is 7.15. The molecule has 0 unspecified atom stereocenters. The number of sulfone groups is 1. The van der Waals surface area contributed by atoms with Gasteiger partial charge in [0.25, 0.3) is 5.91 Å². The van der Waals surface area contributed by atoms with Gasteiger partial charge in [-0.05, 0) is 47.2 Å². The molecular weight excluding hydrogens is 386 g/mol. The normalized spacial score (nSPS) is 18.4. The lowest BCUT2D eigenvalue weighted by Crippen LogP contribution is -2.40. The molecule has 0 saturated carbocycles. The van der Waals surface area contributed by atoms with E-state index in [1.807, 2.05) is 48.5 Å². The monoisotopic (exact) mass is 415 g/mol. The molecule has 0 N–H and O–H groups in total. The highest BCUT2D eigenvalue weighted by molar-refractivity contribution is 7.91. The zero-order valence-electron chi connectivity index (χ0n) is 17.5. The summed E-state index contributed by atoms with van der Waals surface area (Å²) < 4.78 is 29.4. The van der Waals surface area contributed by atoms with Crippen molar-refractivity contribution in [2.75, 3.05) is 18.6 Å². The lowest BCUT2D eigenvalue weighted by Gasteiger charge is -2.29. The number of hydrogen-bond donors (Lipinski definition) is 0. The molecule has 3 rings (SSSR count). The van der Waals surface area contributed by atoms with Gasteiger partial charge in [-0.15, -0.1) is 0 Å². The van der Waals surface area contributed by atoms with Crippen LogP contribution in [0, 0.1) is 0 Å². The van der Waals surface area contributed by atoms with Crippen molar-refractivity contribution in [2.24, 2.45) is 0 Å². The van der Waals surface area contributed by atoms with Crippen molar-refractivity contribution in [3.05, 3.63) is 65.2 Å². The molecular formula is C23H29NO4S. The number of benzene rings is 2. The minimum atomic E-state index is -3.11. The second-order valence-corrected chi connectivity index (χ2v) is 10.9. The number of nitrogens with zero attached hydrogens (tertiary/aromatic N) is 1. The highest BCUT2D eigenvalue weighted by atomic mass is 32.2. The number of hydrogen-bond acceptors (Lipinski definition) is 4. The fraction of sp³-hybridized carbons (Fsp3) is 0.435. The van der Waals surface area contributed by atoms with Gasteiger partial charge in [-0.25, -0.2) is 8.42 Å². The second kappa shape index (κ2) is 8.19. The summed E-state index contributed by atoms with van der Waals surface area (Å²) in [6.45, 7) is 6.73. The van der Waals surface area contributed by atoms with E-state index in [9.17, 15) is 13.2 Å². The number of methoxy groups -OCH3 is 1. The highest BCUT2D eigenvalue weighted by Gasteiger charge is 2.35. The van der Waals surface area contributed by atoms with Gasteiger partial charge in [-0.3, -0.25) is 4.79 Å². The van der Waals surface area contributed by atoms with Gasteiger partial charge in [0, 0.05) is 18.2 Å². The first-order valence-corrected chi connectivity index (χ1v) is 11.7. The van der Waals surface area contributed by atoms with Crippen LogP contribution in [-0.4, -0.2) is 43.9 Å². The number of ether oxygens (including phenoxy) is 1. The van der Waals surface area contributed by atoms with Gasteiger partial charge in [0.15, 0.2) is 9.84 Å². The number of carbonyl (C=O) groups excluding carboxylic acids is 1. The predicted molar refractivity (Wildman–Crippen MR) is 115 cm³/mol. The van der Waals surface area contributed by atoms with E-state index in [4.69, 9.17) is 4.74 Å². The Kier molecular flexibility index (Phi) is 6.03. The maximum Gasteiger partial charge on any atom is 0.254 e. The van der Waals surface area contributed by atoms with E-state index in [0.717, 1.165) is 11.1 Å². The molecule has 2 aromatic rings. The SMILES string of the molecule is COc1cccc(CN(C(=O)c2ccc(C(C)(C)C)cc2)[C@@H]2CCS(=O)(=O)C2)c1. The minimum Gasteiger partial charge on any atom is -0.497 e. The summed E-state index contributed by atoms with van der Waals surface area (Å²) in [4.78, 5) is 15.1. The zero-order valence-corrected chi connectivity index (χ0v) is 18.3. The maximum atomic E-state index is 13.4. The van der Waals surface area contributed by atoms with Crippen molar-refractivity contribution >= 4 is 15.7 Å². The summed E-state index contributed by atoms with van der Waals surface area (Å²) >= 11 is 0. The number of carbonyl (C=O) groups is 1. The van der Waals surface area contributed by atoms with Crippen LogP contribution in [0.15, 0.2) is 48.5 Å². The lowest BCUT2D eigenvalue weighted by atomic mass is 9.86. The van der Waals surface area contributed by atoms with E-state index >= 15 is 0 Å². The van der Waals surface area contributed by atoms with Gasteiger partial charge in [0.1, 0.15) is 5.75 Å². The van der Waals surface area contributed by atoms with Crippen molar-refractivity contribution in [3.63, 3.8) is 0 Å². The molecule has 1 atom stereocenters. The first-order chi connectivity index (χ1) is 13.6. The molecule has 0 aromatic heterocycles. The zero-order chi connectivity index (χ0) is 21.2. The summed E-state index contributed by atoms with van der Waals surface area (Å²) in [7, 11) is -1.51. The Balaban J connectivity index is 1.90. The molecule has 1 saturated heterocycles. The Bertz CT molecular complexity index is 975. The summed E-state index contributed by atoms with van der Waals surface area (Å²) in [5.74, 6) is 0.713. The Labute approximate surface area is 173 Å². The quantitative estimate of drug-likeness (QED) is 0.745. The summed E-state index contributed by atoms with van der Waals surface area (Å²) in [5.41, 5.74) is 2.64. The molecule has 1 aliphatic heterocycles. The predicted octanol–water partition coefficient (Wildman–Crippen LogP) is 3.82. The first-order valence-electron chi connectivity index (χ1n) is 9.84.